The molecule has 6 N–H and O–H groups in total. The van der Waals surface area contributed by atoms with Crippen molar-refractivity contribution in [3.05, 3.63) is 11.4 Å². The Morgan fingerprint density at radius 2 is 1.25 bits per heavy atom. The van der Waals surface area contributed by atoms with Crippen LogP contribution >= 0.6 is 22.8 Å². The Morgan fingerprint density at radius 1 is 0.938 bits per heavy atom. The highest BCUT2D eigenvalue weighted by Gasteiger charge is 2.42. The van der Waals surface area contributed by atoms with Gasteiger partial charge in [-0.05, 0) is 13.0 Å². The van der Waals surface area contributed by atoms with Gasteiger partial charge in [0, 0.05) is 5.31 Å². The van der Waals surface area contributed by atoms with Gasteiger partial charge in [0.2, 0.25) is 0 Å². The van der Waals surface area contributed by atoms with Crippen molar-refractivity contribution in [2.24, 2.45) is 0 Å². The average Bonchev–Trinajstić information content (AvgIpc) is 1.92. The highest BCUT2D eigenvalue weighted by Crippen LogP contribution is 2.62. The predicted octanol–water partition coefficient (Wildman–Crippen LogP) is -0.251. The van der Waals surface area contributed by atoms with Gasteiger partial charge in [-0.15, -0.1) is 0 Å². The summed E-state index contributed by atoms with van der Waals surface area (Å²) in [6.07, 6.45) is 0.211. The lowest BCUT2D eigenvalue weighted by atomic mass is 10.6. The van der Waals surface area contributed by atoms with Crippen molar-refractivity contribution in [1.82, 2.24) is 0 Å². The molecule has 0 spiro atoms. The van der Waals surface area contributed by atoms with Gasteiger partial charge in [0.25, 0.3) is 0 Å². The molecule has 96 valence electrons. The molecule has 0 bridgehead atoms. The minimum atomic E-state index is -5.20. The Balaban J connectivity index is 5.55. The van der Waals surface area contributed by atoms with E-state index < -0.39 is 33.5 Å². The molecule has 0 fully saturated rings. The van der Waals surface area contributed by atoms with Crippen LogP contribution in [0.2, 0.25) is 0 Å². The van der Waals surface area contributed by atoms with Crippen LogP contribution in [0.15, 0.2) is 11.4 Å². The van der Waals surface area contributed by atoms with Gasteiger partial charge in [-0.25, -0.2) is 0 Å². The second-order valence-corrected chi connectivity index (χ2v) is 8.61. The van der Waals surface area contributed by atoms with Gasteiger partial charge < -0.3 is 29.4 Å². The fourth-order valence-corrected chi connectivity index (χ4v) is 3.68. The summed E-state index contributed by atoms with van der Waals surface area (Å²) < 4.78 is 32.1. The lowest BCUT2D eigenvalue weighted by molar-refractivity contribution is 0.346. The molecule has 0 amide bonds. The van der Waals surface area contributed by atoms with Gasteiger partial charge in [0.1, 0.15) is 0 Å². The molecule has 0 saturated heterocycles. The van der Waals surface area contributed by atoms with Crippen molar-refractivity contribution in [2.45, 2.75) is 12.3 Å². The molecule has 0 rings (SSSR count). The molecule has 0 aliphatic carbocycles. The number of hydrogen-bond donors (Lipinski definition) is 6. The Bertz CT molecular complexity index is 398. The molecular weight excluding hydrogens is 285 g/mol. The maximum atomic E-state index is 10.7. The molecule has 16 heavy (non-hydrogen) atoms. The Hall–Kier alpha value is 0.190. The van der Waals surface area contributed by atoms with E-state index in [0.717, 1.165) is 6.92 Å². The standard InChI is InChI=1S/C4H11O9P3/c1-3(14(5,6)7)2-4(15(8,9)10)16(11,12)13/h2,4H,1H3,(H2,5,6,7)(H2,8,9,10)(H2,11,12,13)/b3-2-. The molecule has 0 radical (unpaired) electrons. The third kappa shape index (κ3) is 5.01. The summed E-state index contributed by atoms with van der Waals surface area (Å²) >= 11 is 0. The summed E-state index contributed by atoms with van der Waals surface area (Å²) in [6.45, 7) is 0.819. The van der Waals surface area contributed by atoms with E-state index in [1.165, 1.54) is 0 Å². The van der Waals surface area contributed by atoms with E-state index in [1.807, 2.05) is 0 Å². The first-order valence-electron chi connectivity index (χ1n) is 3.61. The van der Waals surface area contributed by atoms with E-state index in [-0.39, 0.29) is 6.08 Å². The van der Waals surface area contributed by atoms with Crippen molar-refractivity contribution in [3.63, 3.8) is 0 Å². The predicted molar refractivity (Wildman–Crippen MR) is 53.7 cm³/mol. The monoisotopic (exact) mass is 296 g/mol. The maximum Gasteiger partial charge on any atom is 0.351 e. The minimum Gasteiger partial charge on any atom is -0.324 e. The minimum absolute atomic E-state index is 0.211. The van der Waals surface area contributed by atoms with Crippen LogP contribution in [0.25, 0.3) is 0 Å². The van der Waals surface area contributed by atoms with Crippen LogP contribution in [0.4, 0.5) is 0 Å². The normalized spacial score (nSPS) is 15.6. The van der Waals surface area contributed by atoms with Crippen LogP contribution in [0, 0.1) is 0 Å². The van der Waals surface area contributed by atoms with Crippen molar-refractivity contribution >= 4 is 22.8 Å². The molecule has 0 aliphatic heterocycles. The van der Waals surface area contributed by atoms with Crippen LogP contribution in [-0.2, 0) is 13.7 Å². The molecule has 0 aromatic rings. The lowest BCUT2D eigenvalue weighted by Crippen LogP contribution is -2.06. The first-order valence-corrected chi connectivity index (χ1v) is 8.59. The molecule has 0 aromatic carbocycles. The molecule has 0 heterocycles. The van der Waals surface area contributed by atoms with Crippen LogP contribution in [0.3, 0.4) is 0 Å². The molecular formula is C4H11O9P3. The van der Waals surface area contributed by atoms with E-state index in [9.17, 15) is 13.7 Å². The summed E-state index contributed by atoms with van der Waals surface area (Å²) in [7, 11) is -15.2. The molecule has 0 unspecified atom stereocenters. The van der Waals surface area contributed by atoms with Gasteiger partial charge in [-0.2, -0.15) is 0 Å². The Labute approximate surface area is 90.3 Å². The molecule has 0 atom stereocenters. The number of hydrogen-bond acceptors (Lipinski definition) is 3. The van der Waals surface area contributed by atoms with Gasteiger partial charge >= 0.3 is 22.8 Å². The van der Waals surface area contributed by atoms with Crippen LogP contribution < -0.4 is 0 Å². The van der Waals surface area contributed by atoms with Crippen LogP contribution in [0.1, 0.15) is 6.92 Å². The van der Waals surface area contributed by atoms with E-state index in [2.05, 4.69) is 0 Å². The molecule has 0 aromatic heterocycles. The zero-order valence-electron chi connectivity index (χ0n) is 7.90. The molecule has 0 saturated carbocycles. The van der Waals surface area contributed by atoms with Crippen molar-refractivity contribution in [1.29, 1.82) is 0 Å². The number of allylic oxidation sites excluding steroid dienone is 2. The fourth-order valence-electron chi connectivity index (χ4n) is 0.703. The summed E-state index contributed by atoms with van der Waals surface area (Å²) in [5.74, 6) is 0. The largest absolute Gasteiger partial charge is 0.351 e. The smallest absolute Gasteiger partial charge is 0.324 e. The quantitative estimate of drug-likeness (QED) is 0.382. The van der Waals surface area contributed by atoms with Gasteiger partial charge in [-0.1, -0.05) is 0 Å². The highest BCUT2D eigenvalue weighted by molar-refractivity contribution is 7.71. The highest BCUT2D eigenvalue weighted by atomic mass is 31.2. The van der Waals surface area contributed by atoms with Crippen molar-refractivity contribution in [2.75, 3.05) is 0 Å². The lowest BCUT2D eigenvalue weighted by Gasteiger charge is -2.17. The molecule has 9 nitrogen and oxygen atoms in total. The summed E-state index contributed by atoms with van der Waals surface area (Å²) in [6, 6.07) is 0. The third-order valence-corrected chi connectivity index (χ3v) is 6.09. The fraction of sp³-hybridized carbons (Fsp3) is 0.500. The number of rotatable bonds is 4. The first-order chi connectivity index (χ1) is 6.76. The van der Waals surface area contributed by atoms with Crippen molar-refractivity contribution in [3.8, 4) is 0 Å². The summed E-state index contributed by atoms with van der Waals surface area (Å²) in [4.78, 5) is 51.8. The average molecular weight is 296 g/mol. The second kappa shape index (κ2) is 4.82. The van der Waals surface area contributed by atoms with E-state index >= 15 is 0 Å². The van der Waals surface area contributed by atoms with Gasteiger partial charge in [-0.3, -0.25) is 13.7 Å². The topological polar surface area (TPSA) is 173 Å². The van der Waals surface area contributed by atoms with Crippen molar-refractivity contribution < 1.29 is 43.1 Å². The first kappa shape index (κ1) is 16.2. The second-order valence-electron chi connectivity index (χ2n) is 2.94. The van der Waals surface area contributed by atoms with Gasteiger partial charge in [0.05, 0.1) is 0 Å². The Morgan fingerprint density at radius 3 is 1.44 bits per heavy atom. The van der Waals surface area contributed by atoms with E-state index in [1.54, 1.807) is 0 Å². The zero-order valence-corrected chi connectivity index (χ0v) is 10.6. The third-order valence-electron chi connectivity index (χ3n) is 1.54. The SMILES string of the molecule is C/C(=C/C(P(=O)(O)O)P(=O)(O)O)P(=O)(O)O. The van der Waals surface area contributed by atoms with Crippen LogP contribution in [-0.4, -0.2) is 34.8 Å². The molecule has 0 aliphatic rings. The van der Waals surface area contributed by atoms with Gasteiger partial charge in [0.15, 0.2) is 5.40 Å². The van der Waals surface area contributed by atoms with E-state index in [4.69, 9.17) is 29.4 Å². The summed E-state index contributed by atoms with van der Waals surface area (Å²) in [5.41, 5.74) is 0. The Kier molecular flexibility index (Phi) is 4.88. The zero-order chi connectivity index (χ0) is 13.4. The van der Waals surface area contributed by atoms with E-state index in [0.29, 0.717) is 0 Å². The molecule has 12 heteroatoms. The van der Waals surface area contributed by atoms with Crippen LogP contribution in [0.5, 0.6) is 0 Å². The maximum absolute atomic E-state index is 10.7. The summed E-state index contributed by atoms with van der Waals surface area (Å²) in [5, 5.41) is -3.36.